The molecule has 1 atom stereocenters. The minimum Gasteiger partial charge on any atom is -0.497 e. The molecule has 0 aliphatic carbocycles. The maximum absolute atomic E-state index is 11.4. The number of carbonyl (C=O) groups excluding carboxylic acids is 1. The van der Waals surface area contributed by atoms with Gasteiger partial charge in [0.15, 0.2) is 0 Å². The summed E-state index contributed by atoms with van der Waals surface area (Å²) in [6.07, 6.45) is 2.88. The monoisotopic (exact) mass is 263 g/mol. The summed E-state index contributed by atoms with van der Waals surface area (Å²) >= 11 is 0. The second kappa shape index (κ2) is 8.32. The zero-order valence-corrected chi connectivity index (χ0v) is 11.5. The van der Waals surface area contributed by atoms with E-state index in [4.69, 9.17) is 9.47 Å². The van der Waals surface area contributed by atoms with Crippen LogP contribution in [0.5, 0.6) is 5.75 Å². The SMILES string of the molecule is C=CCNC(CC(=O)OC)Cc1ccc(OC)cc1. The average molecular weight is 263 g/mol. The van der Waals surface area contributed by atoms with E-state index in [1.54, 1.807) is 13.2 Å². The third-order valence-electron chi connectivity index (χ3n) is 2.83. The van der Waals surface area contributed by atoms with Gasteiger partial charge >= 0.3 is 5.97 Å². The quantitative estimate of drug-likeness (QED) is 0.575. The van der Waals surface area contributed by atoms with E-state index in [0.29, 0.717) is 13.0 Å². The molecule has 0 amide bonds. The highest BCUT2D eigenvalue weighted by Gasteiger charge is 2.14. The maximum atomic E-state index is 11.4. The molecular formula is C15H21NO3. The minimum absolute atomic E-state index is 0.0406. The molecule has 1 aromatic rings. The van der Waals surface area contributed by atoms with Gasteiger partial charge in [0.1, 0.15) is 5.75 Å². The van der Waals surface area contributed by atoms with E-state index in [9.17, 15) is 4.79 Å². The normalized spacial score (nSPS) is 11.7. The number of rotatable bonds is 8. The van der Waals surface area contributed by atoms with Gasteiger partial charge in [0, 0.05) is 12.6 Å². The van der Waals surface area contributed by atoms with Gasteiger partial charge in [-0.2, -0.15) is 0 Å². The summed E-state index contributed by atoms with van der Waals surface area (Å²) in [4.78, 5) is 11.4. The van der Waals surface area contributed by atoms with Gasteiger partial charge in [0.05, 0.1) is 20.6 Å². The van der Waals surface area contributed by atoms with Crippen molar-refractivity contribution < 1.29 is 14.3 Å². The van der Waals surface area contributed by atoms with Gasteiger partial charge in [0.25, 0.3) is 0 Å². The molecule has 19 heavy (non-hydrogen) atoms. The molecule has 4 nitrogen and oxygen atoms in total. The van der Waals surface area contributed by atoms with E-state index in [2.05, 4.69) is 11.9 Å². The number of methoxy groups -OCH3 is 2. The van der Waals surface area contributed by atoms with Crippen molar-refractivity contribution in [2.45, 2.75) is 18.9 Å². The molecule has 0 radical (unpaired) electrons. The number of carbonyl (C=O) groups is 1. The van der Waals surface area contributed by atoms with E-state index in [-0.39, 0.29) is 12.0 Å². The zero-order chi connectivity index (χ0) is 14.1. The Bertz CT molecular complexity index is 400. The van der Waals surface area contributed by atoms with Crippen LogP contribution in [0.3, 0.4) is 0 Å². The van der Waals surface area contributed by atoms with Crippen molar-refractivity contribution in [1.82, 2.24) is 5.32 Å². The molecule has 0 saturated heterocycles. The van der Waals surface area contributed by atoms with Gasteiger partial charge in [-0.15, -0.1) is 6.58 Å². The van der Waals surface area contributed by atoms with Gasteiger partial charge < -0.3 is 14.8 Å². The Morgan fingerprint density at radius 3 is 2.58 bits per heavy atom. The van der Waals surface area contributed by atoms with Crippen LogP contribution in [0.25, 0.3) is 0 Å². The molecule has 104 valence electrons. The Labute approximate surface area is 114 Å². The van der Waals surface area contributed by atoms with Crippen molar-refractivity contribution in [3.05, 3.63) is 42.5 Å². The van der Waals surface area contributed by atoms with Crippen LogP contribution in [0.4, 0.5) is 0 Å². The predicted octanol–water partition coefficient (Wildman–Crippen LogP) is 1.94. The largest absolute Gasteiger partial charge is 0.497 e. The smallest absolute Gasteiger partial charge is 0.307 e. The van der Waals surface area contributed by atoms with E-state index in [1.165, 1.54) is 7.11 Å². The topological polar surface area (TPSA) is 47.6 Å². The molecule has 0 aliphatic rings. The van der Waals surface area contributed by atoms with Crippen molar-refractivity contribution in [2.24, 2.45) is 0 Å². The van der Waals surface area contributed by atoms with E-state index < -0.39 is 0 Å². The summed E-state index contributed by atoms with van der Waals surface area (Å²) in [6.45, 7) is 4.33. The molecule has 0 aliphatic heterocycles. The molecule has 1 aromatic carbocycles. The van der Waals surface area contributed by atoms with Crippen LogP contribution >= 0.6 is 0 Å². The van der Waals surface area contributed by atoms with E-state index in [0.717, 1.165) is 17.7 Å². The number of nitrogens with one attached hydrogen (secondary N) is 1. The predicted molar refractivity (Wildman–Crippen MR) is 75.3 cm³/mol. The number of hydrogen-bond donors (Lipinski definition) is 1. The van der Waals surface area contributed by atoms with Crippen LogP contribution < -0.4 is 10.1 Å². The number of hydrogen-bond acceptors (Lipinski definition) is 4. The highest BCUT2D eigenvalue weighted by Crippen LogP contribution is 2.13. The summed E-state index contributed by atoms with van der Waals surface area (Å²) in [5.74, 6) is 0.613. The van der Waals surface area contributed by atoms with Crippen molar-refractivity contribution in [3.8, 4) is 5.75 Å². The summed E-state index contributed by atoms with van der Waals surface area (Å²) in [5.41, 5.74) is 1.14. The van der Waals surface area contributed by atoms with Gasteiger partial charge in [-0.1, -0.05) is 18.2 Å². The minimum atomic E-state index is -0.213. The van der Waals surface area contributed by atoms with Gasteiger partial charge in [-0.25, -0.2) is 0 Å². The van der Waals surface area contributed by atoms with Crippen LogP contribution in [0.15, 0.2) is 36.9 Å². The Balaban J connectivity index is 2.63. The first-order valence-corrected chi connectivity index (χ1v) is 6.23. The first-order chi connectivity index (χ1) is 9.19. The van der Waals surface area contributed by atoms with Gasteiger partial charge in [-0.3, -0.25) is 4.79 Å². The van der Waals surface area contributed by atoms with Crippen molar-refractivity contribution in [3.63, 3.8) is 0 Å². The van der Waals surface area contributed by atoms with Crippen LogP contribution in [-0.4, -0.2) is 32.8 Å². The van der Waals surface area contributed by atoms with Gasteiger partial charge in [-0.05, 0) is 24.1 Å². The summed E-state index contributed by atoms with van der Waals surface area (Å²) in [6, 6.07) is 7.87. The fraction of sp³-hybridized carbons (Fsp3) is 0.400. The Kier molecular flexibility index (Phi) is 6.68. The molecule has 1 rings (SSSR count). The average Bonchev–Trinajstić information content (AvgIpc) is 2.45. The lowest BCUT2D eigenvalue weighted by Crippen LogP contribution is -2.33. The highest BCUT2D eigenvalue weighted by molar-refractivity contribution is 5.70. The number of esters is 1. The standard InChI is InChI=1S/C15H21NO3/c1-4-9-16-13(11-15(17)19-3)10-12-5-7-14(18-2)8-6-12/h4-8,13,16H,1,9-11H2,2-3H3. The lowest BCUT2D eigenvalue weighted by atomic mass is 10.0. The molecule has 0 bridgehead atoms. The van der Waals surface area contributed by atoms with Crippen molar-refractivity contribution >= 4 is 5.97 Å². The lowest BCUT2D eigenvalue weighted by Gasteiger charge is -2.17. The number of benzene rings is 1. The number of ether oxygens (including phenoxy) is 2. The molecular weight excluding hydrogens is 242 g/mol. The second-order valence-corrected chi connectivity index (χ2v) is 4.23. The summed E-state index contributed by atoms with van der Waals surface area (Å²) in [5, 5.41) is 3.26. The Hall–Kier alpha value is -1.81. The van der Waals surface area contributed by atoms with Crippen molar-refractivity contribution in [2.75, 3.05) is 20.8 Å². The highest BCUT2D eigenvalue weighted by atomic mass is 16.5. The van der Waals surface area contributed by atoms with E-state index in [1.807, 2.05) is 24.3 Å². The molecule has 1 N–H and O–H groups in total. The first kappa shape index (κ1) is 15.2. The molecule has 0 fully saturated rings. The Morgan fingerprint density at radius 2 is 2.05 bits per heavy atom. The maximum Gasteiger partial charge on any atom is 0.307 e. The van der Waals surface area contributed by atoms with Crippen LogP contribution in [0, 0.1) is 0 Å². The summed E-state index contributed by atoms with van der Waals surface area (Å²) < 4.78 is 9.83. The lowest BCUT2D eigenvalue weighted by molar-refractivity contribution is -0.141. The van der Waals surface area contributed by atoms with Gasteiger partial charge in [0.2, 0.25) is 0 Å². The molecule has 1 unspecified atom stereocenters. The third kappa shape index (κ3) is 5.57. The molecule has 0 heterocycles. The molecule has 0 spiro atoms. The zero-order valence-electron chi connectivity index (χ0n) is 11.5. The van der Waals surface area contributed by atoms with Crippen LogP contribution in [0.2, 0.25) is 0 Å². The molecule has 0 aromatic heterocycles. The third-order valence-corrected chi connectivity index (χ3v) is 2.83. The fourth-order valence-electron chi connectivity index (χ4n) is 1.80. The molecule has 4 heteroatoms. The van der Waals surface area contributed by atoms with Crippen molar-refractivity contribution in [1.29, 1.82) is 0 Å². The van der Waals surface area contributed by atoms with E-state index >= 15 is 0 Å². The fourth-order valence-corrected chi connectivity index (χ4v) is 1.80. The van der Waals surface area contributed by atoms with Crippen LogP contribution in [-0.2, 0) is 16.0 Å². The van der Waals surface area contributed by atoms with Crippen LogP contribution in [0.1, 0.15) is 12.0 Å². The Morgan fingerprint density at radius 1 is 1.37 bits per heavy atom. The second-order valence-electron chi connectivity index (χ2n) is 4.23. The molecule has 0 saturated carbocycles. The first-order valence-electron chi connectivity index (χ1n) is 6.23. The summed E-state index contributed by atoms with van der Waals surface area (Å²) in [7, 11) is 3.04.